The van der Waals surface area contributed by atoms with E-state index in [4.69, 9.17) is 0 Å². The number of imide groups is 1. The molecule has 2 aliphatic heterocycles. The lowest BCUT2D eigenvalue weighted by atomic mass is 10.0. The van der Waals surface area contributed by atoms with Gasteiger partial charge in [0.2, 0.25) is 11.8 Å². The standard InChI is InChI=1S/C13H23N3O2/c1-3-6-16-12(17)9-11(13(16)18)14-10-4-7-15(2)8-5-10/h10-11,14H,3-9H2,1-2H3. The Bertz CT molecular complexity index is 324. The van der Waals surface area contributed by atoms with Crippen LogP contribution in [0.5, 0.6) is 0 Å². The third-order valence-electron chi connectivity index (χ3n) is 3.85. The number of hydrogen-bond acceptors (Lipinski definition) is 4. The minimum atomic E-state index is -0.280. The Morgan fingerprint density at radius 2 is 1.94 bits per heavy atom. The average Bonchev–Trinajstić information content (AvgIpc) is 2.60. The molecule has 2 saturated heterocycles. The first-order chi connectivity index (χ1) is 8.61. The molecule has 0 aromatic rings. The third kappa shape index (κ3) is 2.90. The second-order valence-electron chi connectivity index (χ2n) is 5.38. The highest BCUT2D eigenvalue weighted by Gasteiger charge is 2.38. The predicted octanol–water partition coefficient (Wildman–Crippen LogP) is 0.208. The number of piperidine rings is 1. The third-order valence-corrected chi connectivity index (χ3v) is 3.85. The molecule has 0 radical (unpaired) electrons. The molecular weight excluding hydrogens is 230 g/mol. The van der Waals surface area contributed by atoms with Crippen LogP contribution in [0, 0.1) is 0 Å². The van der Waals surface area contributed by atoms with Crippen molar-refractivity contribution in [2.75, 3.05) is 26.7 Å². The van der Waals surface area contributed by atoms with E-state index in [1.807, 2.05) is 6.92 Å². The van der Waals surface area contributed by atoms with Gasteiger partial charge in [-0.15, -0.1) is 0 Å². The Hall–Kier alpha value is -0.940. The molecule has 2 amide bonds. The summed E-state index contributed by atoms with van der Waals surface area (Å²) in [7, 11) is 2.11. The lowest BCUT2D eigenvalue weighted by Crippen LogP contribution is -2.48. The summed E-state index contributed by atoms with van der Waals surface area (Å²) in [5, 5.41) is 3.37. The van der Waals surface area contributed by atoms with E-state index in [0.717, 1.165) is 32.4 Å². The molecule has 1 N–H and O–H groups in total. The SMILES string of the molecule is CCCN1C(=O)CC(NC2CCN(C)CC2)C1=O. The fraction of sp³-hybridized carbons (Fsp3) is 0.846. The summed E-state index contributed by atoms with van der Waals surface area (Å²) >= 11 is 0. The van der Waals surface area contributed by atoms with Gasteiger partial charge in [-0.2, -0.15) is 0 Å². The molecule has 2 fully saturated rings. The molecule has 102 valence electrons. The molecule has 2 rings (SSSR count). The summed E-state index contributed by atoms with van der Waals surface area (Å²) in [6.45, 7) is 4.66. The highest BCUT2D eigenvalue weighted by atomic mass is 16.2. The summed E-state index contributed by atoms with van der Waals surface area (Å²) in [5.41, 5.74) is 0. The maximum absolute atomic E-state index is 12.1. The van der Waals surface area contributed by atoms with Crippen molar-refractivity contribution in [2.45, 2.75) is 44.7 Å². The second kappa shape index (κ2) is 5.80. The van der Waals surface area contributed by atoms with Crippen molar-refractivity contribution in [3.63, 3.8) is 0 Å². The summed E-state index contributed by atoms with van der Waals surface area (Å²) < 4.78 is 0. The van der Waals surface area contributed by atoms with Crippen LogP contribution in [-0.4, -0.2) is 60.4 Å². The molecule has 0 saturated carbocycles. The highest BCUT2D eigenvalue weighted by Crippen LogP contribution is 2.17. The Morgan fingerprint density at radius 3 is 2.56 bits per heavy atom. The van der Waals surface area contributed by atoms with Crippen molar-refractivity contribution in [2.24, 2.45) is 0 Å². The zero-order chi connectivity index (χ0) is 13.1. The number of carbonyl (C=O) groups excluding carboxylic acids is 2. The molecule has 0 aliphatic carbocycles. The van der Waals surface area contributed by atoms with E-state index >= 15 is 0 Å². The van der Waals surface area contributed by atoms with Gasteiger partial charge in [-0.3, -0.25) is 14.5 Å². The molecular formula is C13H23N3O2. The maximum Gasteiger partial charge on any atom is 0.246 e. The summed E-state index contributed by atoms with van der Waals surface area (Å²) in [4.78, 5) is 27.5. The van der Waals surface area contributed by atoms with Gasteiger partial charge in [-0.1, -0.05) is 6.92 Å². The van der Waals surface area contributed by atoms with Gasteiger partial charge in [0, 0.05) is 12.6 Å². The van der Waals surface area contributed by atoms with Crippen molar-refractivity contribution in [3.8, 4) is 0 Å². The lowest BCUT2D eigenvalue weighted by Gasteiger charge is -2.31. The minimum absolute atomic E-state index is 0.0210. The van der Waals surface area contributed by atoms with Gasteiger partial charge in [-0.05, 0) is 39.4 Å². The quantitative estimate of drug-likeness (QED) is 0.728. The monoisotopic (exact) mass is 253 g/mol. The van der Waals surface area contributed by atoms with Gasteiger partial charge in [0.05, 0.1) is 12.5 Å². The van der Waals surface area contributed by atoms with E-state index in [2.05, 4.69) is 17.3 Å². The number of nitrogens with zero attached hydrogens (tertiary/aromatic N) is 2. The summed E-state index contributed by atoms with van der Waals surface area (Å²) in [6.07, 6.45) is 3.29. The van der Waals surface area contributed by atoms with Gasteiger partial charge in [0.15, 0.2) is 0 Å². The van der Waals surface area contributed by atoms with E-state index in [-0.39, 0.29) is 17.9 Å². The number of amides is 2. The Kier molecular flexibility index (Phi) is 4.35. The Morgan fingerprint density at radius 1 is 1.28 bits per heavy atom. The number of carbonyl (C=O) groups is 2. The zero-order valence-corrected chi connectivity index (χ0v) is 11.3. The largest absolute Gasteiger partial charge is 0.306 e. The van der Waals surface area contributed by atoms with E-state index in [9.17, 15) is 9.59 Å². The second-order valence-corrected chi connectivity index (χ2v) is 5.38. The van der Waals surface area contributed by atoms with Crippen molar-refractivity contribution in [3.05, 3.63) is 0 Å². The smallest absolute Gasteiger partial charge is 0.246 e. The lowest BCUT2D eigenvalue weighted by molar-refractivity contribution is -0.138. The molecule has 1 atom stereocenters. The first-order valence-corrected chi connectivity index (χ1v) is 6.90. The van der Waals surface area contributed by atoms with Crippen LogP contribution in [0.1, 0.15) is 32.6 Å². The number of nitrogens with one attached hydrogen (secondary N) is 1. The van der Waals surface area contributed by atoms with E-state index in [0.29, 0.717) is 19.0 Å². The highest BCUT2D eigenvalue weighted by molar-refractivity contribution is 6.05. The molecule has 0 aromatic heterocycles. The molecule has 5 nitrogen and oxygen atoms in total. The molecule has 0 bridgehead atoms. The topological polar surface area (TPSA) is 52.7 Å². The minimum Gasteiger partial charge on any atom is -0.306 e. The fourth-order valence-corrected chi connectivity index (χ4v) is 2.73. The normalized spacial score (nSPS) is 27.2. The molecule has 2 heterocycles. The fourth-order valence-electron chi connectivity index (χ4n) is 2.73. The van der Waals surface area contributed by atoms with E-state index in [1.165, 1.54) is 4.90 Å². The van der Waals surface area contributed by atoms with Crippen molar-refractivity contribution in [1.29, 1.82) is 0 Å². The zero-order valence-electron chi connectivity index (χ0n) is 11.3. The molecule has 0 aromatic carbocycles. The van der Waals surface area contributed by atoms with Crippen LogP contribution in [0.25, 0.3) is 0 Å². The van der Waals surface area contributed by atoms with Gasteiger partial charge in [0.1, 0.15) is 0 Å². The number of hydrogen-bond donors (Lipinski definition) is 1. The number of likely N-dealkylation sites (tertiary alicyclic amines) is 2. The Labute approximate surface area is 108 Å². The van der Waals surface area contributed by atoms with Crippen LogP contribution in [-0.2, 0) is 9.59 Å². The van der Waals surface area contributed by atoms with Crippen molar-refractivity contribution < 1.29 is 9.59 Å². The van der Waals surface area contributed by atoms with Gasteiger partial charge in [-0.25, -0.2) is 0 Å². The molecule has 2 aliphatic rings. The maximum atomic E-state index is 12.1. The Balaban J connectivity index is 1.87. The summed E-state index contributed by atoms with van der Waals surface area (Å²) in [5.74, 6) is -0.0481. The number of rotatable bonds is 4. The van der Waals surface area contributed by atoms with Crippen molar-refractivity contribution >= 4 is 11.8 Å². The van der Waals surface area contributed by atoms with Crippen LogP contribution < -0.4 is 5.32 Å². The molecule has 0 spiro atoms. The van der Waals surface area contributed by atoms with Crippen molar-refractivity contribution in [1.82, 2.24) is 15.1 Å². The molecule has 18 heavy (non-hydrogen) atoms. The van der Waals surface area contributed by atoms with Crippen LogP contribution in [0.3, 0.4) is 0 Å². The van der Waals surface area contributed by atoms with Crippen LogP contribution in [0.2, 0.25) is 0 Å². The first-order valence-electron chi connectivity index (χ1n) is 6.90. The van der Waals surface area contributed by atoms with Crippen LogP contribution in [0.15, 0.2) is 0 Å². The molecule has 1 unspecified atom stereocenters. The van der Waals surface area contributed by atoms with Gasteiger partial charge >= 0.3 is 0 Å². The molecule has 5 heteroatoms. The van der Waals surface area contributed by atoms with E-state index < -0.39 is 0 Å². The van der Waals surface area contributed by atoms with Gasteiger partial charge < -0.3 is 10.2 Å². The summed E-state index contributed by atoms with van der Waals surface area (Å²) in [6, 6.07) is 0.0991. The van der Waals surface area contributed by atoms with E-state index in [1.54, 1.807) is 0 Å². The van der Waals surface area contributed by atoms with Crippen LogP contribution in [0.4, 0.5) is 0 Å². The van der Waals surface area contributed by atoms with Gasteiger partial charge in [0.25, 0.3) is 0 Å². The average molecular weight is 253 g/mol. The first kappa shape index (κ1) is 13.5. The predicted molar refractivity (Wildman–Crippen MR) is 69.1 cm³/mol. The van der Waals surface area contributed by atoms with Crippen LogP contribution >= 0.6 is 0 Å².